The number of fused-ring (bicyclic) bond motifs is 1. The number of aliphatic imine (C=N–C) groups is 1. The van der Waals surface area contributed by atoms with Gasteiger partial charge in [0, 0.05) is 75.1 Å². The van der Waals surface area contributed by atoms with E-state index in [1.54, 1.807) is 15.4 Å². The van der Waals surface area contributed by atoms with Gasteiger partial charge in [0.1, 0.15) is 11.9 Å². The second-order valence-electron chi connectivity index (χ2n) is 9.63. The molecule has 0 spiro atoms. The van der Waals surface area contributed by atoms with Crippen LogP contribution in [0.4, 0.5) is 0 Å². The van der Waals surface area contributed by atoms with Crippen LogP contribution in [-0.2, 0) is 13.6 Å². The molecule has 0 amide bonds. The highest BCUT2D eigenvalue weighted by Crippen LogP contribution is 2.29. The quantitative estimate of drug-likeness (QED) is 0.278. The number of aryl methyl sites for hydroxylation is 2. The summed E-state index contributed by atoms with van der Waals surface area (Å²) >= 11 is 0. The van der Waals surface area contributed by atoms with Crippen molar-refractivity contribution in [1.29, 1.82) is 5.26 Å². The van der Waals surface area contributed by atoms with Gasteiger partial charge in [-0.25, -0.2) is 9.51 Å². The highest BCUT2D eigenvalue weighted by molar-refractivity contribution is 5.84. The third-order valence-corrected chi connectivity index (χ3v) is 6.89. The van der Waals surface area contributed by atoms with Crippen molar-refractivity contribution < 1.29 is 0 Å². The second kappa shape index (κ2) is 10.8. The molecule has 0 aliphatic carbocycles. The number of piperazine rings is 1. The van der Waals surface area contributed by atoms with E-state index in [1.165, 1.54) is 5.56 Å². The van der Waals surface area contributed by atoms with Crippen LogP contribution >= 0.6 is 0 Å². The zero-order valence-electron chi connectivity index (χ0n) is 22.0. The standard InChI is InChI=1S/C29H31N9/c1-21-7-8-32-26(13-21)20-36-9-11-37(12-10-36)28(31-3)6-5-22(2)27-14-23(25-17-33-35(4)18-25)19-38-29(27)24(15-30)16-34-38/h5-8,13-14,16-19H,3,9-12,20H2,1-2,4H3/b22-5+,28-6+. The van der Waals surface area contributed by atoms with E-state index >= 15 is 0 Å². The van der Waals surface area contributed by atoms with Gasteiger partial charge in [0.25, 0.3) is 0 Å². The Morgan fingerprint density at radius 2 is 1.92 bits per heavy atom. The number of nitriles is 1. The van der Waals surface area contributed by atoms with Gasteiger partial charge in [-0.05, 0) is 56.0 Å². The van der Waals surface area contributed by atoms with Gasteiger partial charge in [-0.1, -0.05) is 6.08 Å². The van der Waals surface area contributed by atoms with Gasteiger partial charge in [0.15, 0.2) is 0 Å². The summed E-state index contributed by atoms with van der Waals surface area (Å²) in [5.74, 6) is 0.839. The monoisotopic (exact) mass is 505 g/mol. The minimum absolute atomic E-state index is 0.538. The molecule has 0 saturated carbocycles. The first-order valence-corrected chi connectivity index (χ1v) is 12.6. The zero-order valence-corrected chi connectivity index (χ0v) is 22.0. The van der Waals surface area contributed by atoms with Crippen LogP contribution in [0.1, 0.15) is 29.3 Å². The lowest BCUT2D eigenvalue weighted by Gasteiger charge is -2.35. The fourth-order valence-corrected chi connectivity index (χ4v) is 4.83. The third-order valence-electron chi connectivity index (χ3n) is 6.89. The zero-order chi connectivity index (χ0) is 26.6. The molecule has 9 nitrogen and oxygen atoms in total. The molecule has 1 aliphatic rings. The molecule has 0 bridgehead atoms. The number of allylic oxidation sites excluding steroid dienone is 3. The van der Waals surface area contributed by atoms with Crippen molar-refractivity contribution in [2.75, 3.05) is 26.2 Å². The Balaban J connectivity index is 1.37. The van der Waals surface area contributed by atoms with Gasteiger partial charge < -0.3 is 4.90 Å². The Labute approximate surface area is 222 Å². The first-order chi connectivity index (χ1) is 18.4. The number of pyridine rings is 2. The van der Waals surface area contributed by atoms with Crippen molar-refractivity contribution in [3.8, 4) is 17.2 Å². The number of hydrogen-bond donors (Lipinski definition) is 0. The second-order valence-corrected chi connectivity index (χ2v) is 9.63. The molecule has 0 N–H and O–H groups in total. The molecule has 4 aromatic rings. The lowest BCUT2D eigenvalue weighted by molar-refractivity contribution is 0.151. The molecule has 1 saturated heterocycles. The topological polar surface area (TPSA) is 90.6 Å². The number of rotatable bonds is 7. The summed E-state index contributed by atoms with van der Waals surface area (Å²) in [5.41, 5.74) is 7.57. The summed E-state index contributed by atoms with van der Waals surface area (Å²) in [6, 6.07) is 8.54. The fraction of sp³-hybridized carbons (Fsp3) is 0.276. The third kappa shape index (κ3) is 5.26. The van der Waals surface area contributed by atoms with Crippen molar-refractivity contribution in [2.24, 2.45) is 12.0 Å². The van der Waals surface area contributed by atoms with Crippen LogP contribution in [0.15, 0.2) is 72.1 Å². The van der Waals surface area contributed by atoms with Gasteiger partial charge in [-0.2, -0.15) is 15.5 Å². The van der Waals surface area contributed by atoms with Gasteiger partial charge in [-0.3, -0.25) is 14.6 Å². The lowest BCUT2D eigenvalue weighted by atomic mass is 10.0. The molecule has 0 unspecified atom stereocenters. The molecule has 38 heavy (non-hydrogen) atoms. The van der Waals surface area contributed by atoms with Gasteiger partial charge in [0.2, 0.25) is 0 Å². The van der Waals surface area contributed by atoms with Gasteiger partial charge >= 0.3 is 0 Å². The fourth-order valence-electron chi connectivity index (χ4n) is 4.83. The van der Waals surface area contributed by atoms with E-state index in [0.29, 0.717) is 5.56 Å². The maximum absolute atomic E-state index is 9.69. The minimum atomic E-state index is 0.538. The van der Waals surface area contributed by atoms with Crippen LogP contribution in [0.5, 0.6) is 0 Å². The lowest BCUT2D eigenvalue weighted by Crippen LogP contribution is -2.45. The molecule has 192 valence electrons. The molecule has 9 heteroatoms. The van der Waals surface area contributed by atoms with Crippen LogP contribution in [0.2, 0.25) is 0 Å². The highest BCUT2D eigenvalue weighted by Gasteiger charge is 2.19. The predicted octanol–water partition coefficient (Wildman–Crippen LogP) is 4.07. The molecule has 4 aromatic heterocycles. The van der Waals surface area contributed by atoms with Crippen molar-refractivity contribution >= 4 is 17.8 Å². The maximum Gasteiger partial charge on any atom is 0.127 e. The Hall–Kier alpha value is -4.55. The largest absolute Gasteiger partial charge is 0.354 e. The molecule has 1 fully saturated rings. The average Bonchev–Trinajstić information content (AvgIpc) is 3.55. The van der Waals surface area contributed by atoms with E-state index in [-0.39, 0.29) is 0 Å². The number of aromatic nitrogens is 5. The summed E-state index contributed by atoms with van der Waals surface area (Å²) < 4.78 is 3.54. The maximum atomic E-state index is 9.69. The first-order valence-electron chi connectivity index (χ1n) is 12.6. The van der Waals surface area contributed by atoms with Crippen molar-refractivity contribution in [3.63, 3.8) is 0 Å². The Bertz CT molecular complexity index is 1570. The molecule has 5 heterocycles. The van der Waals surface area contributed by atoms with Crippen molar-refractivity contribution in [3.05, 3.63) is 89.5 Å². The summed E-state index contributed by atoms with van der Waals surface area (Å²) in [4.78, 5) is 13.5. The Morgan fingerprint density at radius 3 is 2.61 bits per heavy atom. The van der Waals surface area contributed by atoms with Crippen molar-refractivity contribution in [1.82, 2.24) is 34.2 Å². The molecular weight excluding hydrogens is 474 g/mol. The molecule has 1 aliphatic heterocycles. The normalized spacial score (nSPS) is 15.2. The van der Waals surface area contributed by atoms with E-state index in [9.17, 15) is 5.26 Å². The summed E-state index contributed by atoms with van der Waals surface area (Å²) in [7, 11) is 1.89. The molecular formula is C29H31N9. The average molecular weight is 506 g/mol. The Kier molecular flexibility index (Phi) is 7.15. The SMILES string of the molecule is C=N/C(=C\C=C(/C)c1cc(-c2cnn(C)c2)cn2ncc(C#N)c12)N1CCN(Cc2cc(C)ccn2)CC1. The molecule has 0 aromatic carbocycles. The minimum Gasteiger partial charge on any atom is -0.354 e. The molecule has 0 atom stereocenters. The van der Waals surface area contributed by atoms with Crippen LogP contribution in [0.25, 0.3) is 22.2 Å². The van der Waals surface area contributed by atoms with Crippen LogP contribution in [-0.4, -0.2) is 67.1 Å². The van der Waals surface area contributed by atoms with E-state index in [4.69, 9.17) is 0 Å². The smallest absolute Gasteiger partial charge is 0.127 e. The van der Waals surface area contributed by atoms with E-state index in [0.717, 1.165) is 72.0 Å². The molecule has 5 rings (SSSR count). The highest BCUT2D eigenvalue weighted by atomic mass is 15.3. The van der Waals surface area contributed by atoms with E-state index < -0.39 is 0 Å². The van der Waals surface area contributed by atoms with Crippen molar-refractivity contribution in [2.45, 2.75) is 20.4 Å². The van der Waals surface area contributed by atoms with Gasteiger partial charge in [-0.15, -0.1) is 0 Å². The first kappa shape index (κ1) is 25.1. The van der Waals surface area contributed by atoms with Crippen LogP contribution in [0, 0.1) is 18.3 Å². The summed E-state index contributed by atoms with van der Waals surface area (Å²) in [6.07, 6.45) is 13.3. The van der Waals surface area contributed by atoms with E-state index in [1.807, 2.05) is 57.0 Å². The van der Waals surface area contributed by atoms with E-state index in [2.05, 4.69) is 61.8 Å². The summed E-state index contributed by atoms with van der Waals surface area (Å²) in [5, 5.41) is 18.4. The van der Waals surface area contributed by atoms with Crippen LogP contribution in [0.3, 0.4) is 0 Å². The molecule has 0 radical (unpaired) electrons. The van der Waals surface area contributed by atoms with Gasteiger partial charge in [0.05, 0.1) is 29.2 Å². The number of nitrogens with zero attached hydrogens (tertiary/aromatic N) is 9. The summed E-state index contributed by atoms with van der Waals surface area (Å²) in [6.45, 7) is 12.4. The Morgan fingerprint density at radius 1 is 1.11 bits per heavy atom. The predicted molar refractivity (Wildman–Crippen MR) is 149 cm³/mol. The van der Waals surface area contributed by atoms with Crippen LogP contribution < -0.4 is 0 Å². The number of hydrogen-bond acceptors (Lipinski definition) is 7.